The molecular formula is C9H7BrClNO2. The van der Waals surface area contributed by atoms with E-state index in [4.69, 9.17) is 22.0 Å². The van der Waals surface area contributed by atoms with Crippen molar-refractivity contribution < 1.29 is 10.2 Å². The fraction of sp³-hybridized carbons (Fsp3) is 0.222. The highest BCUT2D eigenvalue weighted by Crippen LogP contribution is 2.31. The van der Waals surface area contributed by atoms with Crippen LogP contribution in [0, 0.1) is 11.3 Å². The number of rotatable bonds is 2. The molecule has 14 heavy (non-hydrogen) atoms. The number of nitrogens with zero attached hydrogens (tertiary/aromatic N) is 1. The van der Waals surface area contributed by atoms with Gasteiger partial charge in [0.05, 0.1) is 11.1 Å². The Hall–Kier alpha value is -0.600. The Morgan fingerprint density at radius 2 is 2.07 bits per heavy atom. The number of halogens is 2. The highest BCUT2D eigenvalue weighted by molar-refractivity contribution is 9.10. The molecule has 74 valence electrons. The molecule has 2 atom stereocenters. The van der Waals surface area contributed by atoms with Gasteiger partial charge in [-0.05, 0) is 27.6 Å². The quantitative estimate of drug-likeness (QED) is 0.812. The summed E-state index contributed by atoms with van der Waals surface area (Å²) in [5.74, 6) is 0. The van der Waals surface area contributed by atoms with Gasteiger partial charge < -0.3 is 10.2 Å². The highest BCUT2D eigenvalue weighted by Gasteiger charge is 2.20. The monoisotopic (exact) mass is 275 g/mol. The predicted molar refractivity (Wildman–Crippen MR) is 55.7 cm³/mol. The van der Waals surface area contributed by atoms with E-state index >= 15 is 0 Å². The first-order valence-corrected chi connectivity index (χ1v) is 4.94. The summed E-state index contributed by atoms with van der Waals surface area (Å²) in [4.78, 5) is 0. The van der Waals surface area contributed by atoms with Crippen molar-refractivity contribution in [2.45, 2.75) is 12.2 Å². The summed E-state index contributed by atoms with van der Waals surface area (Å²) >= 11 is 8.95. The molecule has 0 amide bonds. The van der Waals surface area contributed by atoms with Crippen LogP contribution in [0.5, 0.6) is 0 Å². The molecule has 0 aromatic heterocycles. The Morgan fingerprint density at radius 3 is 2.64 bits per heavy atom. The number of nitriles is 1. The van der Waals surface area contributed by atoms with E-state index in [1.54, 1.807) is 24.3 Å². The van der Waals surface area contributed by atoms with E-state index in [1.807, 2.05) is 0 Å². The highest BCUT2D eigenvalue weighted by atomic mass is 79.9. The second kappa shape index (κ2) is 4.76. The Labute approximate surface area is 94.7 Å². The van der Waals surface area contributed by atoms with Crippen molar-refractivity contribution in [2.24, 2.45) is 0 Å². The lowest BCUT2D eigenvalue weighted by atomic mass is 10.1. The Morgan fingerprint density at radius 1 is 1.43 bits per heavy atom. The van der Waals surface area contributed by atoms with Gasteiger partial charge in [0.25, 0.3) is 0 Å². The number of benzene rings is 1. The zero-order valence-corrected chi connectivity index (χ0v) is 9.33. The molecule has 1 rings (SSSR count). The van der Waals surface area contributed by atoms with E-state index < -0.39 is 12.2 Å². The van der Waals surface area contributed by atoms with E-state index in [2.05, 4.69) is 15.9 Å². The summed E-state index contributed by atoms with van der Waals surface area (Å²) in [6.45, 7) is 0. The van der Waals surface area contributed by atoms with E-state index in [9.17, 15) is 5.11 Å². The number of hydrogen-bond acceptors (Lipinski definition) is 3. The summed E-state index contributed by atoms with van der Waals surface area (Å²) in [5.41, 5.74) is 0.395. The fourth-order valence-electron chi connectivity index (χ4n) is 0.990. The van der Waals surface area contributed by atoms with E-state index in [0.29, 0.717) is 15.1 Å². The van der Waals surface area contributed by atoms with Crippen molar-refractivity contribution in [3.05, 3.63) is 33.3 Å². The average Bonchev–Trinajstić information content (AvgIpc) is 2.20. The van der Waals surface area contributed by atoms with E-state index in [1.165, 1.54) is 0 Å². The molecule has 2 unspecified atom stereocenters. The number of aliphatic hydroxyl groups is 2. The van der Waals surface area contributed by atoms with Crippen LogP contribution in [0.25, 0.3) is 0 Å². The molecule has 0 heterocycles. The maximum atomic E-state index is 9.53. The van der Waals surface area contributed by atoms with Crippen molar-refractivity contribution in [2.75, 3.05) is 0 Å². The molecule has 0 aliphatic heterocycles. The molecule has 5 heteroatoms. The summed E-state index contributed by atoms with van der Waals surface area (Å²) in [6.07, 6.45) is -2.71. The maximum Gasteiger partial charge on any atom is 0.170 e. The van der Waals surface area contributed by atoms with Crippen LogP contribution in [0.15, 0.2) is 22.7 Å². The third-order valence-corrected chi connectivity index (χ3v) is 3.16. The Kier molecular flexibility index (Phi) is 3.90. The summed E-state index contributed by atoms with van der Waals surface area (Å²) in [6, 6.07) is 6.41. The molecule has 0 saturated heterocycles. The minimum Gasteiger partial charge on any atom is -0.385 e. The second-order valence-electron chi connectivity index (χ2n) is 2.66. The fourth-order valence-corrected chi connectivity index (χ4v) is 1.67. The van der Waals surface area contributed by atoms with Gasteiger partial charge in [-0.1, -0.05) is 23.7 Å². The third kappa shape index (κ3) is 2.25. The topological polar surface area (TPSA) is 64.2 Å². The van der Waals surface area contributed by atoms with Gasteiger partial charge in [-0.2, -0.15) is 5.26 Å². The van der Waals surface area contributed by atoms with Crippen LogP contribution in [0.2, 0.25) is 5.02 Å². The second-order valence-corrected chi connectivity index (χ2v) is 3.86. The van der Waals surface area contributed by atoms with Crippen molar-refractivity contribution in [3.8, 4) is 6.07 Å². The predicted octanol–water partition coefficient (Wildman–Crippen LogP) is 2.02. The average molecular weight is 277 g/mol. The number of hydrogen-bond donors (Lipinski definition) is 2. The van der Waals surface area contributed by atoms with Crippen molar-refractivity contribution in [3.63, 3.8) is 0 Å². The first-order chi connectivity index (χ1) is 6.57. The molecule has 0 saturated carbocycles. The molecule has 0 bridgehead atoms. The molecule has 0 aliphatic rings. The smallest absolute Gasteiger partial charge is 0.170 e. The van der Waals surface area contributed by atoms with E-state index in [0.717, 1.165) is 0 Å². The van der Waals surface area contributed by atoms with Gasteiger partial charge >= 0.3 is 0 Å². The number of aliphatic hydroxyl groups excluding tert-OH is 2. The van der Waals surface area contributed by atoms with Gasteiger partial charge in [0.15, 0.2) is 6.10 Å². The van der Waals surface area contributed by atoms with E-state index in [-0.39, 0.29) is 0 Å². The molecule has 0 spiro atoms. The molecule has 2 N–H and O–H groups in total. The molecule has 0 aliphatic carbocycles. The molecule has 0 radical (unpaired) electrons. The molecular weight excluding hydrogens is 269 g/mol. The Balaban J connectivity index is 3.08. The van der Waals surface area contributed by atoms with Crippen LogP contribution in [-0.4, -0.2) is 16.3 Å². The summed E-state index contributed by atoms with van der Waals surface area (Å²) < 4.78 is 0.489. The zero-order valence-electron chi connectivity index (χ0n) is 6.98. The van der Waals surface area contributed by atoms with Gasteiger partial charge in [0.2, 0.25) is 0 Å². The summed E-state index contributed by atoms with van der Waals surface area (Å²) in [7, 11) is 0. The lowest BCUT2D eigenvalue weighted by Crippen LogP contribution is -2.16. The third-order valence-electron chi connectivity index (χ3n) is 1.73. The van der Waals surface area contributed by atoms with Gasteiger partial charge in [-0.25, -0.2) is 0 Å². The van der Waals surface area contributed by atoms with Crippen molar-refractivity contribution >= 4 is 27.5 Å². The lowest BCUT2D eigenvalue weighted by Gasteiger charge is -2.14. The molecule has 3 nitrogen and oxygen atoms in total. The van der Waals surface area contributed by atoms with Gasteiger partial charge in [-0.15, -0.1) is 0 Å². The molecule has 0 fully saturated rings. The minimum atomic E-state index is -1.45. The van der Waals surface area contributed by atoms with Crippen LogP contribution >= 0.6 is 27.5 Å². The van der Waals surface area contributed by atoms with Crippen LogP contribution < -0.4 is 0 Å². The van der Waals surface area contributed by atoms with Gasteiger partial charge in [-0.3, -0.25) is 0 Å². The summed E-state index contributed by atoms with van der Waals surface area (Å²) in [5, 5.41) is 27.5. The first-order valence-electron chi connectivity index (χ1n) is 3.77. The standard InChI is InChI=1S/C9H7BrClNO2/c10-8-5(2-1-3-6(8)11)9(14)7(13)4-12/h1-3,7,9,13-14H. The van der Waals surface area contributed by atoms with Crippen LogP contribution in [0.4, 0.5) is 0 Å². The lowest BCUT2D eigenvalue weighted by molar-refractivity contribution is 0.0523. The largest absolute Gasteiger partial charge is 0.385 e. The van der Waals surface area contributed by atoms with Gasteiger partial charge in [0, 0.05) is 4.47 Å². The SMILES string of the molecule is N#CC(O)C(O)c1cccc(Cl)c1Br. The normalized spacial score (nSPS) is 14.5. The molecule has 1 aromatic carbocycles. The van der Waals surface area contributed by atoms with Crippen LogP contribution in [-0.2, 0) is 0 Å². The molecule has 1 aromatic rings. The zero-order chi connectivity index (χ0) is 10.7. The first kappa shape index (κ1) is 11.5. The van der Waals surface area contributed by atoms with Gasteiger partial charge in [0.1, 0.15) is 6.10 Å². The van der Waals surface area contributed by atoms with Crippen LogP contribution in [0.1, 0.15) is 11.7 Å². The Bertz CT molecular complexity index is 378. The maximum absolute atomic E-state index is 9.53. The van der Waals surface area contributed by atoms with Crippen molar-refractivity contribution in [1.29, 1.82) is 5.26 Å². The van der Waals surface area contributed by atoms with Crippen LogP contribution in [0.3, 0.4) is 0 Å². The minimum absolute atomic E-state index is 0.395. The van der Waals surface area contributed by atoms with Crippen molar-refractivity contribution in [1.82, 2.24) is 0 Å².